The SMILES string of the molecule is CCC(Nn1c(C)ccc1C)c1ccc(O)cc1. The van der Waals surface area contributed by atoms with E-state index in [4.69, 9.17) is 0 Å². The molecule has 2 rings (SSSR count). The van der Waals surface area contributed by atoms with E-state index in [0.29, 0.717) is 5.75 Å². The Morgan fingerprint density at radius 1 is 1.06 bits per heavy atom. The molecule has 0 bridgehead atoms. The largest absolute Gasteiger partial charge is 0.508 e. The minimum Gasteiger partial charge on any atom is -0.508 e. The number of nitrogens with zero attached hydrogens (tertiary/aromatic N) is 1. The smallest absolute Gasteiger partial charge is 0.115 e. The second kappa shape index (κ2) is 5.17. The van der Waals surface area contributed by atoms with Crippen molar-refractivity contribution in [1.82, 2.24) is 4.68 Å². The first kappa shape index (κ1) is 12.6. The van der Waals surface area contributed by atoms with Crippen molar-refractivity contribution in [2.45, 2.75) is 33.2 Å². The molecule has 2 aromatic rings. The van der Waals surface area contributed by atoms with E-state index in [2.05, 4.69) is 43.0 Å². The van der Waals surface area contributed by atoms with Crippen molar-refractivity contribution in [3.05, 3.63) is 53.3 Å². The van der Waals surface area contributed by atoms with E-state index in [-0.39, 0.29) is 6.04 Å². The Morgan fingerprint density at radius 3 is 2.11 bits per heavy atom. The zero-order valence-electron chi connectivity index (χ0n) is 11.1. The van der Waals surface area contributed by atoms with Crippen molar-refractivity contribution < 1.29 is 5.11 Å². The van der Waals surface area contributed by atoms with Gasteiger partial charge in [-0.15, -0.1) is 0 Å². The molecule has 1 heterocycles. The van der Waals surface area contributed by atoms with Gasteiger partial charge in [0.1, 0.15) is 5.75 Å². The van der Waals surface area contributed by atoms with E-state index >= 15 is 0 Å². The molecule has 1 aromatic carbocycles. The molecule has 3 nitrogen and oxygen atoms in total. The molecule has 1 aromatic heterocycles. The molecule has 0 saturated carbocycles. The van der Waals surface area contributed by atoms with Gasteiger partial charge in [0, 0.05) is 11.4 Å². The van der Waals surface area contributed by atoms with Crippen molar-refractivity contribution in [2.75, 3.05) is 5.43 Å². The average molecular weight is 244 g/mol. The lowest BCUT2D eigenvalue weighted by molar-refractivity contribution is 0.474. The molecule has 1 unspecified atom stereocenters. The molecule has 0 amide bonds. The molecule has 0 spiro atoms. The van der Waals surface area contributed by atoms with Gasteiger partial charge in [-0.3, -0.25) is 4.68 Å². The first-order valence-corrected chi connectivity index (χ1v) is 6.32. The van der Waals surface area contributed by atoms with Crippen LogP contribution in [0.5, 0.6) is 5.75 Å². The fourth-order valence-corrected chi connectivity index (χ4v) is 2.14. The summed E-state index contributed by atoms with van der Waals surface area (Å²) in [6.45, 7) is 6.33. The van der Waals surface area contributed by atoms with Gasteiger partial charge in [0.25, 0.3) is 0 Å². The van der Waals surface area contributed by atoms with Gasteiger partial charge in [-0.1, -0.05) is 19.1 Å². The van der Waals surface area contributed by atoms with Gasteiger partial charge in [0.15, 0.2) is 0 Å². The van der Waals surface area contributed by atoms with E-state index in [1.54, 1.807) is 12.1 Å². The number of rotatable bonds is 4. The van der Waals surface area contributed by atoms with E-state index in [1.165, 1.54) is 17.0 Å². The molecular weight excluding hydrogens is 224 g/mol. The summed E-state index contributed by atoms with van der Waals surface area (Å²) in [5.41, 5.74) is 7.10. The summed E-state index contributed by atoms with van der Waals surface area (Å²) >= 11 is 0. The summed E-state index contributed by atoms with van der Waals surface area (Å²) in [5, 5.41) is 9.33. The normalized spacial score (nSPS) is 12.4. The average Bonchev–Trinajstić information content (AvgIpc) is 2.68. The van der Waals surface area contributed by atoms with Crippen LogP contribution in [0.15, 0.2) is 36.4 Å². The predicted octanol–water partition coefficient (Wildman–Crippen LogP) is 3.51. The Morgan fingerprint density at radius 2 is 1.61 bits per heavy atom. The monoisotopic (exact) mass is 244 g/mol. The maximum atomic E-state index is 9.33. The Kier molecular flexibility index (Phi) is 3.60. The van der Waals surface area contributed by atoms with E-state index in [9.17, 15) is 5.11 Å². The summed E-state index contributed by atoms with van der Waals surface area (Å²) in [7, 11) is 0. The fraction of sp³-hybridized carbons (Fsp3) is 0.333. The van der Waals surface area contributed by atoms with Crippen LogP contribution in [0.2, 0.25) is 0 Å². The van der Waals surface area contributed by atoms with Crippen LogP contribution < -0.4 is 5.43 Å². The Balaban J connectivity index is 2.22. The Hall–Kier alpha value is -1.90. The summed E-state index contributed by atoms with van der Waals surface area (Å²) < 4.78 is 2.11. The molecule has 0 aliphatic heterocycles. The van der Waals surface area contributed by atoms with E-state index in [0.717, 1.165) is 6.42 Å². The second-order valence-corrected chi connectivity index (χ2v) is 4.63. The standard InChI is InChI=1S/C15H20N2O/c1-4-15(13-7-9-14(18)10-8-13)16-17-11(2)5-6-12(17)3/h5-10,15-16,18H,4H2,1-3H3. The van der Waals surface area contributed by atoms with Gasteiger partial charge >= 0.3 is 0 Å². The highest BCUT2D eigenvalue weighted by Crippen LogP contribution is 2.21. The Bertz CT molecular complexity index is 494. The zero-order chi connectivity index (χ0) is 13.1. The molecule has 2 N–H and O–H groups in total. The summed E-state index contributed by atoms with van der Waals surface area (Å²) in [6.07, 6.45) is 0.988. The molecule has 96 valence electrons. The number of nitrogens with one attached hydrogen (secondary N) is 1. The van der Waals surface area contributed by atoms with Crippen molar-refractivity contribution in [3.63, 3.8) is 0 Å². The molecule has 0 fully saturated rings. The van der Waals surface area contributed by atoms with Crippen molar-refractivity contribution in [2.24, 2.45) is 0 Å². The van der Waals surface area contributed by atoms with Crippen LogP contribution in [-0.4, -0.2) is 9.78 Å². The third-order valence-electron chi connectivity index (χ3n) is 3.26. The van der Waals surface area contributed by atoms with Crippen LogP contribution >= 0.6 is 0 Å². The minimum absolute atomic E-state index is 0.246. The summed E-state index contributed by atoms with van der Waals surface area (Å²) in [6, 6.07) is 11.8. The predicted molar refractivity (Wildman–Crippen MR) is 74.4 cm³/mol. The highest BCUT2D eigenvalue weighted by molar-refractivity contribution is 5.29. The van der Waals surface area contributed by atoms with Gasteiger partial charge < -0.3 is 10.5 Å². The number of hydrogen-bond acceptors (Lipinski definition) is 2. The molecule has 0 aliphatic rings. The van der Waals surface area contributed by atoms with Crippen LogP contribution in [0.3, 0.4) is 0 Å². The van der Waals surface area contributed by atoms with Gasteiger partial charge in [-0.05, 0) is 50.1 Å². The third kappa shape index (κ3) is 2.50. The highest BCUT2D eigenvalue weighted by atomic mass is 16.3. The number of benzene rings is 1. The van der Waals surface area contributed by atoms with Crippen molar-refractivity contribution >= 4 is 0 Å². The van der Waals surface area contributed by atoms with Crippen molar-refractivity contribution in [1.29, 1.82) is 0 Å². The van der Waals surface area contributed by atoms with Gasteiger partial charge in [-0.2, -0.15) is 0 Å². The van der Waals surface area contributed by atoms with Gasteiger partial charge in [0.05, 0.1) is 6.04 Å². The molecule has 18 heavy (non-hydrogen) atoms. The van der Waals surface area contributed by atoms with Crippen LogP contribution in [0.1, 0.15) is 36.3 Å². The minimum atomic E-state index is 0.246. The second-order valence-electron chi connectivity index (χ2n) is 4.63. The molecular formula is C15H20N2O. The van der Waals surface area contributed by atoms with Crippen LogP contribution in [0.25, 0.3) is 0 Å². The third-order valence-corrected chi connectivity index (χ3v) is 3.26. The lowest BCUT2D eigenvalue weighted by Gasteiger charge is -2.22. The highest BCUT2D eigenvalue weighted by Gasteiger charge is 2.10. The van der Waals surface area contributed by atoms with Gasteiger partial charge in [0.2, 0.25) is 0 Å². The molecule has 1 atom stereocenters. The molecule has 0 saturated heterocycles. The maximum Gasteiger partial charge on any atom is 0.115 e. The summed E-state index contributed by atoms with van der Waals surface area (Å²) in [4.78, 5) is 0. The molecule has 0 aliphatic carbocycles. The van der Waals surface area contributed by atoms with Crippen LogP contribution in [-0.2, 0) is 0 Å². The number of aromatic hydroxyl groups is 1. The number of aryl methyl sites for hydroxylation is 2. The molecule has 3 heteroatoms. The maximum absolute atomic E-state index is 9.33. The summed E-state index contributed by atoms with van der Waals surface area (Å²) in [5.74, 6) is 0.307. The van der Waals surface area contributed by atoms with E-state index in [1.807, 2.05) is 12.1 Å². The number of phenolic OH excluding ortho intramolecular Hbond substituents is 1. The first-order chi connectivity index (χ1) is 8.61. The molecule has 0 radical (unpaired) electrons. The van der Waals surface area contributed by atoms with Gasteiger partial charge in [-0.25, -0.2) is 0 Å². The Labute approximate surface area is 108 Å². The number of phenols is 1. The van der Waals surface area contributed by atoms with Crippen LogP contribution in [0, 0.1) is 13.8 Å². The topological polar surface area (TPSA) is 37.2 Å². The lowest BCUT2D eigenvalue weighted by Crippen LogP contribution is -2.22. The zero-order valence-corrected chi connectivity index (χ0v) is 11.1. The number of hydrogen-bond donors (Lipinski definition) is 2. The lowest BCUT2D eigenvalue weighted by atomic mass is 10.1. The van der Waals surface area contributed by atoms with Crippen LogP contribution in [0.4, 0.5) is 0 Å². The van der Waals surface area contributed by atoms with E-state index < -0.39 is 0 Å². The quantitative estimate of drug-likeness (QED) is 0.863. The van der Waals surface area contributed by atoms with Crippen molar-refractivity contribution in [3.8, 4) is 5.75 Å². The number of aromatic nitrogens is 1. The first-order valence-electron chi connectivity index (χ1n) is 6.32. The fourth-order valence-electron chi connectivity index (χ4n) is 2.14.